The van der Waals surface area contributed by atoms with Crippen LogP contribution in [0.1, 0.15) is 18.9 Å². The lowest BCUT2D eigenvalue weighted by Crippen LogP contribution is -2.45. The Hall–Kier alpha value is -3.88. The van der Waals surface area contributed by atoms with Gasteiger partial charge in [0.25, 0.3) is 5.91 Å². The summed E-state index contributed by atoms with van der Waals surface area (Å²) in [5.74, 6) is -1.88. The van der Waals surface area contributed by atoms with Gasteiger partial charge < -0.3 is 19.7 Å². The van der Waals surface area contributed by atoms with Gasteiger partial charge in [0, 0.05) is 19.5 Å². The fourth-order valence-electron chi connectivity index (χ4n) is 3.31. The quantitative estimate of drug-likeness (QED) is 0.638. The number of hydrogen-bond donors (Lipinski definition) is 2. The molecule has 9 heteroatoms. The number of ether oxygens (including phenoxy) is 2. The lowest BCUT2D eigenvalue weighted by molar-refractivity contribution is -0.158. The van der Waals surface area contributed by atoms with Gasteiger partial charge in [0.2, 0.25) is 5.91 Å². The highest BCUT2D eigenvalue weighted by atomic mass is 16.5. The minimum Gasteiger partial charge on any atom is -0.495 e. The van der Waals surface area contributed by atoms with Gasteiger partial charge in [0.05, 0.1) is 18.7 Å². The Morgan fingerprint density at radius 2 is 1.78 bits per heavy atom. The van der Waals surface area contributed by atoms with Crippen LogP contribution in [0.5, 0.6) is 5.75 Å². The van der Waals surface area contributed by atoms with Crippen molar-refractivity contribution in [1.82, 2.24) is 10.6 Å². The standard InChI is InChI=1S/C23H25N3O6/c1-15(21(28)25-23(30)24-13-16-8-4-3-5-9-16)32-22(29)17-12-20(27)26(14-17)18-10-6-7-11-19(18)31-2/h3-11,15,17H,12-14H2,1-2H3,(H2,24,25,28,30)/t15-,17-/m0/s1. The van der Waals surface area contributed by atoms with Gasteiger partial charge in [-0.3, -0.25) is 19.7 Å². The van der Waals surface area contributed by atoms with Gasteiger partial charge in [-0.1, -0.05) is 42.5 Å². The largest absolute Gasteiger partial charge is 0.495 e. The van der Waals surface area contributed by atoms with Crippen molar-refractivity contribution in [1.29, 1.82) is 0 Å². The Labute approximate surface area is 185 Å². The molecule has 0 aliphatic carbocycles. The van der Waals surface area contributed by atoms with Crippen molar-refractivity contribution in [2.45, 2.75) is 26.0 Å². The van der Waals surface area contributed by atoms with E-state index in [1.165, 1.54) is 18.9 Å². The number of urea groups is 1. The molecule has 1 aliphatic heterocycles. The van der Waals surface area contributed by atoms with E-state index in [0.29, 0.717) is 11.4 Å². The first-order chi connectivity index (χ1) is 15.4. The summed E-state index contributed by atoms with van der Waals surface area (Å²) in [5, 5.41) is 4.70. The van der Waals surface area contributed by atoms with Crippen LogP contribution in [-0.2, 0) is 25.7 Å². The predicted octanol–water partition coefficient (Wildman–Crippen LogP) is 2.01. The molecule has 0 aromatic heterocycles. The predicted molar refractivity (Wildman–Crippen MR) is 116 cm³/mol. The van der Waals surface area contributed by atoms with Gasteiger partial charge in [-0.15, -0.1) is 0 Å². The maximum atomic E-state index is 12.5. The van der Waals surface area contributed by atoms with Crippen LogP contribution in [0.2, 0.25) is 0 Å². The Morgan fingerprint density at radius 1 is 1.09 bits per heavy atom. The van der Waals surface area contributed by atoms with Gasteiger partial charge in [-0.05, 0) is 24.6 Å². The molecule has 32 heavy (non-hydrogen) atoms. The van der Waals surface area contributed by atoms with Crippen molar-refractivity contribution in [2.75, 3.05) is 18.6 Å². The molecule has 1 aliphatic rings. The van der Waals surface area contributed by atoms with Crippen molar-refractivity contribution in [3.05, 3.63) is 60.2 Å². The average Bonchev–Trinajstić information content (AvgIpc) is 3.19. The summed E-state index contributed by atoms with van der Waals surface area (Å²) in [7, 11) is 1.50. The zero-order valence-corrected chi connectivity index (χ0v) is 17.9. The van der Waals surface area contributed by atoms with Crippen molar-refractivity contribution >= 4 is 29.5 Å². The summed E-state index contributed by atoms with van der Waals surface area (Å²) in [5.41, 5.74) is 1.44. The average molecular weight is 439 g/mol. The number of para-hydroxylation sites is 2. The third-order valence-corrected chi connectivity index (χ3v) is 5.03. The normalized spacial score (nSPS) is 16.2. The molecule has 0 bridgehead atoms. The van der Waals surface area contributed by atoms with Gasteiger partial charge >= 0.3 is 12.0 Å². The number of hydrogen-bond acceptors (Lipinski definition) is 6. The van der Waals surface area contributed by atoms with E-state index in [0.717, 1.165) is 5.56 Å². The number of imide groups is 1. The second-order valence-corrected chi connectivity index (χ2v) is 7.31. The number of methoxy groups -OCH3 is 1. The van der Waals surface area contributed by atoms with Gasteiger partial charge in [-0.2, -0.15) is 0 Å². The summed E-state index contributed by atoms with van der Waals surface area (Å²) in [6.07, 6.45) is -1.23. The zero-order chi connectivity index (χ0) is 23.1. The second-order valence-electron chi connectivity index (χ2n) is 7.31. The van der Waals surface area contributed by atoms with E-state index in [2.05, 4.69) is 10.6 Å². The number of amides is 4. The zero-order valence-electron chi connectivity index (χ0n) is 17.9. The molecule has 1 fully saturated rings. The Morgan fingerprint density at radius 3 is 2.50 bits per heavy atom. The van der Waals surface area contributed by atoms with Gasteiger partial charge in [0.15, 0.2) is 6.10 Å². The highest BCUT2D eigenvalue weighted by Crippen LogP contribution is 2.33. The SMILES string of the molecule is COc1ccccc1N1C[C@@H](C(=O)O[C@@H](C)C(=O)NC(=O)NCc2ccccc2)CC1=O. The van der Waals surface area contributed by atoms with Crippen LogP contribution >= 0.6 is 0 Å². The molecule has 3 rings (SSSR count). The van der Waals surface area contributed by atoms with Crippen LogP contribution in [0.25, 0.3) is 0 Å². The summed E-state index contributed by atoms with van der Waals surface area (Å²) < 4.78 is 10.5. The minimum absolute atomic E-state index is 0.0389. The fourth-order valence-corrected chi connectivity index (χ4v) is 3.31. The van der Waals surface area contributed by atoms with E-state index in [9.17, 15) is 19.2 Å². The molecular weight excluding hydrogens is 414 g/mol. The molecule has 0 spiro atoms. The van der Waals surface area contributed by atoms with E-state index in [-0.39, 0.29) is 25.4 Å². The van der Waals surface area contributed by atoms with Crippen molar-refractivity contribution in [3.8, 4) is 5.75 Å². The van der Waals surface area contributed by atoms with Crippen LogP contribution in [-0.4, -0.2) is 43.6 Å². The molecule has 0 radical (unpaired) electrons. The van der Waals surface area contributed by atoms with Crippen LogP contribution < -0.4 is 20.3 Å². The molecule has 1 heterocycles. The second kappa shape index (κ2) is 10.4. The first-order valence-corrected chi connectivity index (χ1v) is 10.2. The molecule has 2 N–H and O–H groups in total. The van der Waals surface area contributed by atoms with Crippen molar-refractivity contribution in [2.24, 2.45) is 5.92 Å². The van der Waals surface area contributed by atoms with Crippen molar-refractivity contribution < 1.29 is 28.7 Å². The fraction of sp³-hybridized carbons (Fsp3) is 0.304. The molecule has 9 nitrogen and oxygen atoms in total. The van der Waals surface area contributed by atoms with Crippen LogP contribution in [0.15, 0.2) is 54.6 Å². The molecule has 0 saturated carbocycles. The number of benzene rings is 2. The Balaban J connectivity index is 1.50. The highest BCUT2D eigenvalue weighted by Gasteiger charge is 2.38. The van der Waals surface area contributed by atoms with E-state index >= 15 is 0 Å². The monoisotopic (exact) mass is 439 g/mol. The number of carbonyl (C=O) groups excluding carboxylic acids is 4. The first-order valence-electron chi connectivity index (χ1n) is 10.2. The van der Waals surface area contributed by atoms with Gasteiger partial charge in [0.1, 0.15) is 5.75 Å². The number of anilines is 1. The molecular formula is C23H25N3O6. The Bertz CT molecular complexity index is 994. The van der Waals surface area contributed by atoms with E-state index in [4.69, 9.17) is 9.47 Å². The number of carbonyl (C=O) groups is 4. The summed E-state index contributed by atoms with van der Waals surface area (Å²) in [6, 6.07) is 15.5. The van der Waals surface area contributed by atoms with Crippen LogP contribution in [0.4, 0.5) is 10.5 Å². The van der Waals surface area contributed by atoms with Crippen molar-refractivity contribution in [3.63, 3.8) is 0 Å². The first kappa shape index (κ1) is 22.8. The molecule has 1 saturated heterocycles. The molecule has 2 atom stereocenters. The maximum Gasteiger partial charge on any atom is 0.321 e. The highest BCUT2D eigenvalue weighted by molar-refractivity contribution is 6.01. The lowest BCUT2D eigenvalue weighted by Gasteiger charge is -2.19. The lowest BCUT2D eigenvalue weighted by atomic mass is 10.1. The third kappa shape index (κ3) is 5.63. The van der Waals surface area contributed by atoms with Gasteiger partial charge in [-0.25, -0.2) is 4.79 Å². The topological polar surface area (TPSA) is 114 Å². The molecule has 2 aromatic carbocycles. The van der Waals surface area contributed by atoms with E-state index in [1.54, 1.807) is 24.3 Å². The Kier molecular flexibility index (Phi) is 7.43. The van der Waals surface area contributed by atoms with Crippen LogP contribution in [0, 0.1) is 5.92 Å². The summed E-state index contributed by atoms with van der Waals surface area (Å²) in [6.45, 7) is 1.73. The number of nitrogens with zero attached hydrogens (tertiary/aromatic N) is 1. The minimum atomic E-state index is -1.19. The number of rotatable bonds is 7. The number of esters is 1. The molecule has 0 unspecified atom stereocenters. The van der Waals surface area contributed by atoms with E-state index < -0.39 is 29.9 Å². The molecule has 2 aromatic rings. The maximum absolute atomic E-state index is 12.5. The van der Waals surface area contributed by atoms with E-state index in [1.807, 2.05) is 30.3 Å². The third-order valence-electron chi connectivity index (χ3n) is 5.03. The van der Waals surface area contributed by atoms with Crippen LogP contribution in [0.3, 0.4) is 0 Å². The molecule has 168 valence electrons. The number of nitrogens with one attached hydrogen (secondary N) is 2. The summed E-state index contributed by atoms with van der Waals surface area (Å²) >= 11 is 0. The summed E-state index contributed by atoms with van der Waals surface area (Å²) in [4.78, 5) is 50.6. The smallest absolute Gasteiger partial charge is 0.321 e. The molecule has 4 amide bonds.